The SMILES string of the molecule is C=CCOCC=C.OC(c1ccc(Cl)cc1)c1cncnc1. The zero-order valence-corrected chi connectivity index (χ0v) is 13.0. The van der Waals surface area contributed by atoms with Crippen LogP contribution in [0.3, 0.4) is 0 Å². The molecule has 0 aliphatic rings. The van der Waals surface area contributed by atoms with Crippen LogP contribution in [0.4, 0.5) is 0 Å². The molecule has 1 N–H and O–H groups in total. The van der Waals surface area contributed by atoms with Crippen LogP contribution in [-0.2, 0) is 4.74 Å². The van der Waals surface area contributed by atoms with Gasteiger partial charge < -0.3 is 9.84 Å². The molecule has 0 amide bonds. The number of aliphatic hydroxyl groups is 1. The summed E-state index contributed by atoms with van der Waals surface area (Å²) in [6.45, 7) is 8.18. The maximum atomic E-state index is 9.96. The number of halogens is 1. The van der Waals surface area contributed by atoms with Crippen LogP contribution in [0.5, 0.6) is 0 Å². The lowest BCUT2D eigenvalue weighted by atomic mass is 10.0. The highest BCUT2D eigenvalue weighted by atomic mass is 35.5. The van der Waals surface area contributed by atoms with Crippen molar-refractivity contribution in [2.24, 2.45) is 0 Å². The first kappa shape index (κ1) is 18.0. The highest BCUT2D eigenvalue weighted by Crippen LogP contribution is 2.21. The molecular weight excluding hydrogens is 300 g/mol. The first-order valence-corrected chi connectivity index (χ1v) is 7.04. The Morgan fingerprint density at radius 2 is 1.59 bits per heavy atom. The normalized spacial score (nSPS) is 11.0. The smallest absolute Gasteiger partial charge is 0.115 e. The Labute approximate surface area is 135 Å². The van der Waals surface area contributed by atoms with Gasteiger partial charge in [0, 0.05) is 23.0 Å². The Morgan fingerprint density at radius 1 is 1.05 bits per heavy atom. The predicted octanol–water partition coefficient (Wildman–Crippen LogP) is 3.59. The summed E-state index contributed by atoms with van der Waals surface area (Å²) in [5, 5.41) is 10.6. The van der Waals surface area contributed by atoms with Crippen molar-refractivity contribution in [3.05, 3.63) is 84.4 Å². The van der Waals surface area contributed by atoms with Crippen LogP contribution in [0, 0.1) is 0 Å². The molecule has 0 radical (unpaired) electrons. The Bertz CT molecular complexity index is 551. The van der Waals surface area contributed by atoms with E-state index in [4.69, 9.17) is 16.3 Å². The van der Waals surface area contributed by atoms with Crippen molar-refractivity contribution in [2.45, 2.75) is 6.10 Å². The number of nitrogens with zero attached hydrogens (tertiary/aromatic N) is 2. The second-order valence-electron chi connectivity index (χ2n) is 4.24. The second-order valence-corrected chi connectivity index (χ2v) is 4.68. The summed E-state index contributed by atoms with van der Waals surface area (Å²) < 4.78 is 4.90. The van der Waals surface area contributed by atoms with Gasteiger partial charge in [-0.1, -0.05) is 35.9 Å². The van der Waals surface area contributed by atoms with Crippen molar-refractivity contribution in [1.29, 1.82) is 0 Å². The molecule has 0 aliphatic carbocycles. The fraction of sp³-hybridized carbons (Fsp3) is 0.176. The van der Waals surface area contributed by atoms with E-state index in [9.17, 15) is 5.11 Å². The van der Waals surface area contributed by atoms with Gasteiger partial charge in [0.2, 0.25) is 0 Å². The molecule has 1 atom stereocenters. The topological polar surface area (TPSA) is 55.2 Å². The van der Waals surface area contributed by atoms with E-state index < -0.39 is 6.10 Å². The van der Waals surface area contributed by atoms with Gasteiger partial charge in [-0.2, -0.15) is 0 Å². The number of aromatic nitrogens is 2. The Morgan fingerprint density at radius 3 is 2.09 bits per heavy atom. The van der Waals surface area contributed by atoms with Gasteiger partial charge in [-0.25, -0.2) is 9.97 Å². The van der Waals surface area contributed by atoms with Crippen LogP contribution in [0.25, 0.3) is 0 Å². The lowest BCUT2D eigenvalue weighted by Gasteiger charge is -2.09. The number of ether oxygens (including phenoxy) is 1. The Balaban J connectivity index is 0.000000295. The Hall–Kier alpha value is -2.01. The summed E-state index contributed by atoms with van der Waals surface area (Å²) in [6, 6.07) is 7.04. The molecule has 0 saturated heterocycles. The van der Waals surface area contributed by atoms with Crippen LogP contribution in [0.1, 0.15) is 17.2 Å². The first-order valence-electron chi connectivity index (χ1n) is 6.67. The number of hydrogen-bond donors (Lipinski definition) is 1. The highest BCUT2D eigenvalue weighted by molar-refractivity contribution is 6.30. The molecule has 2 rings (SSSR count). The molecule has 0 bridgehead atoms. The van der Waals surface area contributed by atoms with Gasteiger partial charge in [0.05, 0.1) is 13.2 Å². The number of benzene rings is 1. The summed E-state index contributed by atoms with van der Waals surface area (Å²) in [5.41, 5.74) is 1.44. The highest BCUT2D eigenvalue weighted by Gasteiger charge is 2.10. The Kier molecular flexibility index (Phi) is 8.76. The summed E-state index contributed by atoms with van der Waals surface area (Å²) in [5.74, 6) is 0. The number of aliphatic hydroxyl groups excluding tert-OH is 1. The summed E-state index contributed by atoms with van der Waals surface area (Å²) in [7, 11) is 0. The molecule has 1 heterocycles. The van der Waals surface area contributed by atoms with Crippen molar-refractivity contribution >= 4 is 11.6 Å². The van der Waals surface area contributed by atoms with Gasteiger partial charge in [0.25, 0.3) is 0 Å². The summed E-state index contributed by atoms with van der Waals surface area (Å²) in [6.07, 6.45) is 7.33. The molecular formula is C17H19ClN2O2. The number of hydrogen-bond acceptors (Lipinski definition) is 4. The van der Waals surface area contributed by atoms with Crippen LogP contribution in [0.2, 0.25) is 5.02 Å². The molecule has 4 nitrogen and oxygen atoms in total. The molecule has 1 aromatic heterocycles. The van der Waals surface area contributed by atoms with E-state index in [2.05, 4.69) is 23.1 Å². The molecule has 0 spiro atoms. The van der Waals surface area contributed by atoms with E-state index in [-0.39, 0.29) is 0 Å². The standard InChI is InChI=1S/C11H9ClN2O.C6H10O/c12-10-3-1-8(2-4-10)11(15)9-5-13-7-14-6-9;1-3-5-7-6-4-2/h1-7,11,15H;3-4H,1-2,5-6H2. The molecule has 2 aromatic rings. The third kappa shape index (κ3) is 6.63. The molecule has 0 fully saturated rings. The zero-order valence-electron chi connectivity index (χ0n) is 12.2. The minimum Gasteiger partial charge on any atom is -0.384 e. The third-order valence-corrected chi connectivity index (χ3v) is 2.81. The maximum Gasteiger partial charge on any atom is 0.115 e. The van der Waals surface area contributed by atoms with E-state index in [0.717, 1.165) is 5.56 Å². The first-order chi connectivity index (χ1) is 10.7. The van der Waals surface area contributed by atoms with Gasteiger partial charge >= 0.3 is 0 Å². The van der Waals surface area contributed by atoms with Gasteiger partial charge in [0.15, 0.2) is 0 Å². The quantitative estimate of drug-likeness (QED) is 0.653. The average molecular weight is 319 g/mol. The molecule has 116 valence electrons. The predicted molar refractivity (Wildman–Crippen MR) is 88.8 cm³/mol. The summed E-state index contributed by atoms with van der Waals surface area (Å²) >= 11 is 5.76. The molecule has 22 heavy (non-hydrogen) atoms. The van der Waals surface area contributed by atoms with Gasteiger partial charge in [-0.3, -0.25) is 0 Å². The van der Waals surface area contributed by atoms with Gasteiger partial charge in [-0.15, -0.1) is 13.2 Å². The minimum atomic E-state index is -0.705. The maximum absolute atomic E-state index is 9.96. The van der Waals surface area contributed by atoms with Crippen molar-refractivity contribution in [2.75, 3.05) is 13.2 Å². The largest absolute Gasteiger partial charge is 0.384 e. The average Bonchev–Trinajstić information content (AvgIpc) is 2.57. The fourth-order valence-electron chi connectivity index (χ4n) is 1.52. The molecule has 1 unspecified atom stereocenters. The van der Waals surface area contributed by atoms with E-state index >= 15 is 0 Å². The second kappa shape index (κ2) is 10.7. The van der Waals surface area contributed by atoms with Gasteiger partial charge in [0.1, 0.15) is 12.4 Å². The van der Waals surface area contributed by atoms with Crippen molar-refractivity contribution in [3.63, 3.8) is 0 Å². The lowest BCUT2D eigenvalue weighted by molar-refractivity contribution is 0.194. The van der Waals surface area contributed by atoms with E-state index in [1.807, 2.05) is 0 Å². The van der Waals surface area contributed by atoms with Crippen molar-refractivity contribution in [1.82, 2.24) is 9.97 Å². The minimum absolute atomic E-state index is 0.617. The lowest BCUT2D eigenvalue weighted by Crippen LogP contribution is -2.00. The van der Waals surface area contributed by atoms with Crippen molar-refractivity contribution in [3.8, 4) is 0 Å². The monoisotopic (exact) mass is 318 g/mol. The van der Waals surface area contributed by atoms with E-state index in [1.165, 1.54) is 6.33 Å². The fourth-order valence-corrected chi connectivity index (χ4v) is 1.65. The molecule has 0 aliphatic heterocycles. The van der Waals surface area contributed by atoms with Crippen LogP contribution in [-0.4, -0.2) is 28.3 Å². The van der Waals surface area contributed by atoms with Gasteiger partial charge in [-0.05, 0) is 17.7 Å². The van der Waals surface area contributed by atoms with E-state index in [0.29, 0.717) is 23.8 Å². The van der Waals surface area contributed by atoms with Crippen LogP contribution >= 0.6 is 11.6 Å². The molecule has 1 aromatic carbocycles. The number of rotatable bonds is 6. The van der Waals surface area contributed by atoms with Crippen LogP contribution < -0.4 is 0 Å². The van der Waals surface area contributed by atoms with Crippen LogP contribution in [0.15, 0.2) is 68.3 Å². The molecule has 5 heteroatoms. The third-order valence-electron chi connectivity index (χ3n) is 2.55. The summed E-state index contributed by atoms with van der Waals surface area (Å²) in [4.78, 5) is 7.70. The van der Waals surface area contributed by atoms with E-state index in [1.54, 1.807) is 48.8 Å². The molecule has 0 saturated carbocycles. The zero-order chi connectivity index (χ0) is 16.2. The van der Waals surface area contributed by atoms with Crippen molar-refractivity contribution < 1.29 is 9.84 Å².